The summed E-state index contributed by atoms with van der Waals surface area (Å²) in [7, 11) is 0. The van der Waals surface area contributed by atoms with Crippen LogP contribution in [0.2, 0.25) is 0 Å². The molecule has 6 nitrogen and oxygen atoms in total. The molecule has 4 rings (SSSR count). The lowest BCUT2D eigenvalue weighted by Crippen LogP contribution is -2.46. The zero-order chi connectivity index (χ0) is 19.7. The van der Waals surface area contributed by atoms with Crippen molar-refractivity contribution in [2.75, 3.05) is 37.6 Å². The van der Waals surface area contributed by atoms with E-state index in [-0.39, 0.29) is 36.0 Å². The molecular formula is C22H29N3O3. The zero-order valence-electron chi connectivity index (χ0n) is 16.6. The van der Waals surface area contributed by atoms with Crippen molar-refractivity contribution in [3.8, 4) is 0 Å². The summed E-state index contributed by atoms with van der Waals surface area (Å²) in [6, 6.07) is 7.85. The van der Waals surface area contributed by atoms with Crippen LogP contribution in [-0.2, 0) is 14.4 Å². The summed E-state index contributed by atoms with van der Waals surface area (Å²) >= 11 is 0. The Morgan fingerprint density at radius 3 is 2.07 bits per heavy atom. The van der Waals surface area contributed by atoms with Crippen molar-refractivity contribution in [3.05, 3.63) is 29.8 Å². The molecule has 3 saturated heterocycles. The molecule has 1 aromatic rings. The first kappa shape index (κ1) is 19.0. The second kappa shape index (κ2) is 7.94. The highest BCUT2D eigenvalue weighted by Crippen LogP contribution is 2.29. The van der Waals surface area contributed by atoms with Crippen LogP contribution in [0.25, 0.3) is 0 Å². The molecular weight excluding hydrogens is 354 g/mol. The van der Waals surface area contributed by atoms with Crippen LogP contribution in [0.5, 0.6) is 0 Å². The lowest BCUT2D eigenvalue weighted by molar-refractivity contribution is -0.142. The third kappa shape index (κ3) is 3.77. The van der Waals surface area contributed by atoms with Crippen LogP contribution in [0.15, 0.2) is 24.3 Å². The van der Waals surface area contributed by atoms with E-state index in [1.54, 1.807) is 4.90 Å². The summed E-state index contributed by atoms with van der Waals surface area (Å²) < 4.78 is 0. The summed E-state index contributed by atoms with van der Waals surface area (Å²) in [5.41, 5.74) is 2.01. The Balaban J connectivity index is 1.32. The van der Waals surface area contributed by atoms with Crippen molar-refractivity contribution in [2.24, 2.45) is 11.8 Å². The Kier molecular flexibility index (Phi) is 5.38. The number of carbonyl (C=O) groups is 3. The molecule has 0 aliphatic carbocycles. The maximum absolute atomic E-state index is 13.0. The average Bonchev–Trinajstić information content (AvgIpc) is 3.38. The predicted octanol–water partition coefficient (Wildman–Crippen LogP) is 2.21. The standard InChI is InChI=1S/C22H29N3O3/c1-16-4-6-19(7-5-16)25-15-18(14-20(25)26)22(28)24-12-8-17(9-13-24)21(27)23-10-2-3-11-23/h4-7,17-18H,2-3,8-15H2,1H3. The van der Waals surface area contributed by atoms with Crippen molar-refractivity contribution in [2.45, 2.75) is 39.0 Å². The fraction of sp³-hybridized carbons (Fsp3) is 0.591. The summed E-state index contributed by atoms with van der Waals surface area (Å²) in [4.78, 5) is 43.6. The minimum absolute atomic E-state index is 0.0151. The topological polar surface area (TPSA) is 60.9 Å². The normalized spacial score (nSPS) is 23.5. The van der Waals surface area contributed by atoms with Crippen molar-refractivity contribution >= 4 is 23.4 Å². The minimum Gasteiger partial charge on any atom is -0.342 e. The van der Waals surface area contributed by atoms with Crippen LogP contribution in [0, 0.1) is 18.8 Å². The van der Waals surface area contributed by atoms with Crippen LogP contribution in [-0.4, -0.2) is 60.2 Å². The van der Waals surface area contributed by atoms with E-state index in [9.17, 15) is 14.4 Å². The van der Waals surface area contributed by atoms with E-state index >= 15 is 0 Å². The van der Waals surface area contributed by atoms with Gasteiger partial charge in [0.15, 0.2) is 0 Å². The van der Waals surface area contributed by atoms with E-state index in [2.05, 4.69) is 0 Å². The van der Waals surface area contributed by atoms with Gasteiger partial charge in [-0.1, -0.05) is 17.7 Å². The number of rotatable bonds is 3. The van der Waals surface area contributed by atoms with Crippen LogP contribution in [0.1, 0.15) is 37.7 Å². The Bertz CT molecular complexity index is 747. The van der Waals surface area contributed by atoms with Gasteiger partial charge in [0.05, 0.1) is 5.92 Å². The number of likely N-dealkylation sites (tertiary alicyclic amines) is 2. The Labute approximate surface area is 166 Å². The largest absolute Gasteiger partial charge is 0.342 e. The van der Waals surface area contributed by atoms with Gasteiger partial charge in [-0.15, -0.1) is 0 Å². The molecule has 3 aliphatic rings. The first-order valence-corrected chi connectivity index (χ1v) is 10.5. The van der Waals surface area contributed by atoms with E-state index < -0.39 is 0 Å². The maximum atomic E-state index is 13.0. The Hall–Kier alpha value is -2.37. The van der Waals surface area contributed by atoms with Gasteiger partial charge in [0.2, 0.25) is 17.7 Å². The smallest absolute Gasteiger partial charge is 0.228 e. The fourth-order valence-electron chi connectivity index (χ4n) is 4.65. The third-order valence-corrected chi connectivity index (χ3v) is 6.39. The van der Waals surface area contributed by atoms with Gasteiger partial charge in [-0.2, -0.15) is 0 Å². The highest BCUT2D eigenvalue weighted by atomic mass is 16.2. The average molecular weight is 383 g/mol. The molecule has 0 bridgehead atoms. The highest BCUT2D eigenvalue weighted by molar-refractivity contribution is 6.00. The van der Waals surface area contributed by atoms with Gasteiger partial charge in [0.1, 0.15) is 0 Å². The third-order valence-electron chi connectivity index (χ3n) is 6.39. The summed E-state index contributed by atoms with van der Waals surface area (Å²) in [5.74, 6) is 0.124. The molecule has 0 spiro atoms. The maximum Gasteiger partial charge on any atom is 0.228 e. The molecule has 1 aromatic carbocycles. The molecule has 150 valence electrons. The molecule has 1 atom stereocenters. The van der Waals surface area contributed by atoms with Gasteiger partial charge in [-0.05, 0) is 44.7 Å². The number of anilines is 1. The van der Waals surface area contributed by atoms with E-state index in [4.69, 9.17) is 0 Å². The minimum atomic E-state index is -0.278. The predicted molar refractivity (Wildman–Crippen MR) is 107 cm³/mol. The van der Waals surface area contributed by atoms with Crippen LogP contribution >= 0.6 is 0 Å². The van der Waals surface area contributed by atoms with Crippen molar-refractivity contribution < 1.29 is 14.4 Å². The quantitative estimate of drug-likeness (QED) is 0.804. The number of carbonyl (C=O) groups excluding carboxylic acids is 3. The number of amides is 3. The first-order chi connectivity index (χ1) is 13.5. The molecule has 0 saturated carbocycles. The first-order valence-electron chi connectivity index (χ1n) is 10.5. The second-order valence-electron chi connectivity index (χ2n) is 8.37. The van der Waals surface area contributed by atoms with Crippen LogP contribution < -0.4 is 4.90 Å². The molecule has 0 N–H and O–H groups in total. The number of hydrogen-bond donors (Lipinski definition) is 0. The number of hydrogen-bond acceptors (Lipinski definition) is 3. The molecule has 3 fully saturated rings. The van der Waals surface area contributed by atoms with Crippen molar-refractivity contribution in [1.29, 1.82) is 0 Å². The zero-order valence-corrected chi connectivity index (χ0v) is 16.6. The molecule has 3 aliphatic heterocycles. The summed E-state index contributed by atoms with van der Waals surface area (Å²) in [5, 5.41) is 0. The molecule has 0 radical (unpaired) electrons. The molecule has 1 unspecified atom stereocenters. The van der Waals surface area contributed by atoms with E-state index in [0.29, 0.717) is 19.6 Å². The van der Waals surface area contributed by atoms with Gasteiger partial charge < -0.3 is 14.7 Å². The Morgan fingerprint density at radius 2 is 1.43 bits per heavy atom. The van der Waals surface area contributed by atoms with Crippen LogP contribution in [0.3, 0.4) is 0 Å². The fourth-order valence-corrected chi connectivity index (χ4v) is 4.65. The summed E-state index contributed by atoms with van der Waals surface area (Å²) in [6.45, 7) is 5.48. The van der Waals surface area contributed by atoms with Crippen molar-refractivity contribution in [1.82, 2.24) is 9.80 Å². The molecule has 28 heavy (non-hydrogen) atoms. The van der Waals surface area contributed by atoms with Gasteiger partial charge in [0.25, 0.3) is 0 Å². The SMILES string of the molecule is Cc1ccc(N2CC(C(=O)N3CCC(C(=O)N4CCCC4)CC3)CC2=O)cc1. The molecule has 3 amide bonds. The molecule has 6 heteroatoms. The van der Waals surface area contributed by atoms with E-state index in [1.807, 2.05) is 41.0 Å². The van der Waals surface area contributed by atoms with Gasteiger partial charge in [0, 0.05) is 50.7 Å². The van der Waals surface area contributed by atoms with E-state index in [1.165, 1.54) is 0 Å². The van der Waals surface area contributed by atoms with Gasteiger partial charge >= 0.3 is 0 Å². The van der Waals surface area contributed by atoms with Crippen molar-refractivity contribution in [3.63, 3.8) is 0 Å². The van der Waals surface area contributed by atoms with Gasteiger partial charge in [-0.25, -0.2) is 0 Å². The lowest BCUT2D eigenvalue weighted by Gasteiger charge is -2.34. The van der Waals surface area contributed by atoms with E-state index in [0.717, 1.165) is 50.0 Å². The monoisotopic (exact) mass is 383 g/mol. The van der Waals surface area contributed by atoms with Gasteiger partial charge in [-0.3, -0.25) is 14.4 Å². The number of aryl methyl sites for hydroxylation is 1. The number of nitrogens with zero attached hydrogens (tertiary/aromatic N) is 3. The van der Waals surface area contributed by atoms with Crippen LogP contribution in [0.4, 0.5) is 5.69 Å². The highest BCUT2D eigenvalue weighted by Gasteiger charge is 2.39. The molecule has 3 heterocycles. The Morgan fingerprint density at radius 1 is 0.857 bits per heavy atom. The summed E-state index contributed by atoms with van der Waals surface area (Å²) in [6.07, 6.45) is 3.97. The lowest BCUT2D eigenvalue weighted by atomic mass is 9.94. The number of benzene rings is 1. The number of piperidine rings is 1. The molecule has 0 aromatic heterocycles. The second-order valence-corrected chi connectivity index (χ2v) is 8.37.